The molecule has 1 aliphatic rings. The first-order chi connectivity index (χ1) is 13.7. The predicted molar refractivity (Wildman–Crippen MR) is 103 cm³/mol. The molecule has 2 N–H and O–H groups in total. The molecule has 148 valence electrons. The first kappa shape index (κ1) is 18.2. The first-order valence-corrected chi connectivity index (χ1v) is 9.24. The lowest BCUT2D eigenvalue weighted by Gasteiger charge is -2.34. The van der Waals surface area contributed by atoms with E-state index in [1.165, 1.54) is 0 Å². The second-order valence-electron chi connectivity index (χ2n) is 6.56. The van der Waals surface area contributed by atoms with Crippen molar-refractivity contribution in [2.75, 3.05) is 33.3 Å². The maximum Gasteiger partial charge on any atom is 0.216 e. The molecule has 1 atom stereocenters. The number of morpholine rings is 1. The molecule has 10 heteroatoms. The van der Waals surface area contributed by atoms with E-state index in [0.717, 1.165) is 30.4 Å². The molecular weight excluding hydrogens is 360 g/mol. The van der Waals surface area contributed by atoms with Gasteiger partial charge in [-0.1, -0.05) is 0 Å². The molecule has 0 amide bonds. The lowest BCUT2D eigenvalue weighted by Crippen LogP contribution is -2.48. The summed E-state index contributed by atoms with van der Waals surface area (Å²) < 4.78 is 13.0. The van der Waals surface area contributed by atoms with Crippen molar-refractivity contribution in [1.82, 2.24) is 35.2 Å². The predicted octanol–water partition coefficient (Wildman–Crippen LogP) is 0.990. The van der Waals surface area contributed by atoms with E-state index in [2.05, 4.69) is 35.5 Å². The van der Waals surface area contributed by atoms with Gasteiger partial charge in [0.25, 0.3) is 0 Å². The Labute approximate surface area is 162 Å². The highest BCUT2D eigenvalue weighted by molar-refractivity contribution is 5.80. The van der Waals surface area contributed by atoms with Gasteiger partial charge >= 0.3 is 0 Å². The van der Waals surface area contributed by atoms with Crippen molar-refractivity contribution < 1.29 is 9.15 Å². The van der Waals surface area contributed by atoms with E-state index in [1.807, 2.05) is 31.6 Å². The monoisotopic (exact) mass is 384 g/mol. The number of hydrogen-bond acceptors (Lipinski definition) is 6. The molecule has 3 aromatic heterocycles. The van der Waals surface area contributed by atoms with Gasteiger partial charge in [-0.2, -0.15) is 10.2 Å². The third-order valence-corrected chi connectivity index (χ3v) is 4.59. The number of H-pyrrole nitrogens is 1. The number of aryl methyl sites for hydroxylation is 1. The zero-order chi connectivity index (χ0) is 19.3. The molecule has 10 nitrogen and oxygen atoms in total. The van der Waals surface area contributed by atoms with Gasteiger partial charge in [-0.05, 0) is 12.1 Å². The van der Waals surface area contributed by atoms with Crippen LogP contribution in [0.1, 0.15) is 17.5 Å². The average Bonchev–Trinajstić information content (AvgIpc) is 3.46. The number of rotatable bonds is 5. The van der Waals surface area contributed by atoms with Crippen LogP contribution in [0.25, 0.3) is 11.6 Å². The summed E-state index contributed by atoms with van der Waals surface area (Å²) in [6, 6.07) is 3.65. The van der Waals surface area contributed by atoms with E-state index in [1.54, 1.807) is 18.0 Å². The Morgan fingerprint density at radius 3 is 3.14 bits per heavy atom. The normalized spacial score (nSPS) is 17.9. The number of aromatic amines is 1. The fraction of sp³-hybridized carbons (Fsp3) is 0.444. The number of furan rings is 1. The first-order valence-electron chi connectivity index (χ1n) is 9.24. The van der Waals surface area contributed by atoms with Crippen LogP contribution in [0.2, 0.25) is 0 Å². The van der Waals surface area contributed by atoms with E-state index in [4.69, 9.17) is 9.15 Å². The van der Waals surface area contributed by atoms with Crippen molar-refractivity contribution in [2.45, 2.75) is 12.5 Å². The van der Waals surface area contributed by atoms with Crippen molar-refractivity contribution in [2.24, 2.45) is 12.0 Å². The van der Waals surface area contributed by atoms with E-state index >= 15 is 0 Å². The van der Waals surface area contributed by atoms with Crippen molar-refractivity contribution in [3.8, 4) is 11.6 Å². The van der Waals surface area contributed by atoms with E-state index < -0.39 is 0 Å². The van der Waals surface area contributed by atoms with Gasteiger partial charge in [-0.25, -0.2) is 4.98 Å². The summed E-state index contributed by atoms with van der Waals surface area (Å²) in [6.07, 6.45) is 6.14. The Hall–Kier alpha value is -3.14. The summed E-state index contributed by atoms with van der Waals surface area (Å²) in [7, 11) is 3.70. The number of nitrogens with one attached hydrogen (secondary N) is 2. The minimum absolute atomic E-state index is 0.00821. The summed E-state index contributed by atoms with van der Waals surface area (Å²) in [6.45, 7) is 2.86. The standard InChI is InChI=1S/C18H24N8O2/c1-19-18(26-7-9-28-15(12-26)13-10-21-25(2)11-13)20-6-5-16-22-17(24-23-16)14-4-3-8-27-14/h3-4,8,10-11,15H,5-7,9,12H2,1-2H3,(H,19,20)(H,22,23,24). The summed E-state index contributed by atoms with van der Waals surface area (Å²) in [5.41, 5.74) is 1.08. The van der Waals surface area contributed by atoms with Crippen LogP contribution in [0.15, 0.2) is 40.2 Å². The zero-order valence-electron chi connectivity index (χ0n) is 16.0. The van der Waals surface area contributed by atoms with Crippen LogP contribution in [-0.4, -0.2) is 69.1 Å². The molecule has 3 aromatic rings. The number of guanidine groups is 1. The summed E-state index contributed by atoms with van der Waals surface area (Å²) in [5, 5.41) is 14.8. The molecule has 0 saturated carbocycles. The number of aromatic nitrogens is 5. The number of hydrogen-bond donors (Lipinski definition) is 2. The van der Waals surface area contributed by atoms with Crippen LogP contribution in [0.4, 0.5) is 0 Å². The molecular formula is C18H24N8O2. The fourth-order valence-corrected chi connectivity index (χ4v) is 3.20. The number of aliphatic imine (C=N–C) groups is 1. The highest BCUT2D eigenvalue weighted by Gasteiger charge is 2.25. The molecule has 4 heterocycles. The van der Waals surface area contributed by atoms with Crippen LogP contribution >= 0.6 is 0 Å². The van der Waals surface area contributed by atoms with Crippen LogP contribution in [0.3, 0.4) is 0 Å². The van der Waals surface area contributed by atoms with Gasteiger partial charge in [-0.3, -0.25) is 14.8 Å². The maximum absolute atomic E-state index is 5.90. The molecule has 28 heavy (non-hydrogen) atoms. The molecule has 1 saturated heterocycles. The Bertz CT molecular complexity index is 914. The lowest BCUT2D eigenvalue weighted by molar-refractivity contribution is -0.00801. The third kappa shape index (κ3) is 4.06. The van der Waals surface area contributed by atoms with Crippen LogP contribution in [0, 0.1) is 0 Å². The number of nitrogens with zero attached hydrogens (tertiary/aromatic N) is 6. The highest BCUT2D eigenvalue weighted by atomic mass is 16.5. The molecule has 4 rings (SSSR count). The van der Waals surface area contributed by atoms with Crippen molar-refractivity contribution in [1.29, 1.82) is 0 Å². The van der Waals surface area contributed by atoms with E-state index in [-0.39, 0.29) is 6.10 Å². The van der Waals surface area contributed by atoms with Gasteiger partial charge in [0.15, 0.2) is 11.7 Å². The van der Waals surface area contributed by atoms with Crippen LogP contribution in [0.5, 0.6) is 0 Å². The van der Waals surface area contributed by atoms with Gasteiger partial charge in [0.05, 0.1) is 25.6 Å². The van der Waals surface area contributed by atoms with Gasteiger partial charge in [0.2, 0.25) is 5.82 Å². The summed E-state index contributed by atoms with van der Waals surface area (Å²) >= 11 is 0. The van der Waals surface area contributed by atoms with Gasteiger partial charge < -0.3 is 19.4 Å². The minimum atomic E-state index is -0.00821. The molecule has 0 aromatic carbocycles. The van der Waals surface area contributed by atoms with Crippen molar-refractivity contribution >= 4 is 5.96 Å². The molecule has 1 fully saturated rings. The Morgan fingerprint density at radius 2 is 2.39 bits per heavy atom. The smallest absolute Gasteiger partial charge is 0.216 e. The SMILES string of the molecule is CN=C(NCCc1nc(-c2ccco2)n[nH]1)N1CCOC(c2cnn(C)c2)C1. The molecule has 0 bridgehead atoms. The second kappa shape index (κ2) is 8.26. The average molecular weight is 384 g/mol. The van der Waals surface area contributed by atoms with Gasteiger partial charge in [0, 0.05) is 45.4 Å². The fourth-order valence-electron chi connectivity index (χ4n) is 3.20. The van der Waals surface area contributed by atoms with Crippen molar-refractivity contribution in [3.63, 3.8) is 0 Å². The Balaban J connectivity index is 1.31. The van der Waals surface area contributed by atoms with Crippen LogP contribution < -0.4 is 5.32 Å². The number of ether oxygens (including phenoxy) is 1. The van der Waals surface area contributed by atoms with E-state index in [9.17, 15) is 0 Å². The molecule has 0 radical (unpaired) electrons. The van der Waals surface area contributed by atoms with Crippen LogP contribution in [-0.2, 0) is 18.2 Å². The maximum atomic E-state index is 5.90. The highest BCUT2D eigenvalue weighted by Crippen LogP contribution is 2.21. The van der Waals surface area contributed by atoms with Gasteiger partial charge in [-0.15, -0.1) is 0 Å². The third-order valence-electron chi connectivity index (χ3n) is 4.59. The molecule has 0 aliphatic carbocycles. The molecule has 0 spiro atoms. The second-order valence-corrected chi connectivity index (χ2v) is 6.56. The Kier molecular flexibility index (Phi) is 5.38. The molecule has 1 unspecified atom stereocenters. The van der Waals surface area contributed by atoms with Gasteiger partial charge in [0.1, 0.15) is 11.9 Å². The topological polar surface area (TPSA) is 109 Å². The van der Waals surface area contributed by atoms with E-state index in [0.29, 0.717) is 31.2 Å². The summed E-state index contributed by atoms with van der Waals surface area (Å²) in [4.78, 5) is 11.1. The Morgan fingerprint density at radius 1 is 1.46 bits per heavy atom. The summed E-state index contributed by atoms with van der Waals surface area (Å²) in [5.74, 6) is 2.87. The minimum Gasteiger partial charge on any atom is -0.461 e. The molecule has 1 aliphatic heterocycles. The zero-order valence-corrected chi connectivity index (χ0v) is 16.0. The largest absolute Gasteiger partial charge is 0.461 e. The lowest BCUT2D eigenvalue weighted by atomic mass is 10.1. The quantitative estimate of drug-likeness (QED) is 0.499. The van der Waals surface area contributed by atoms with Crippen molar-refractivity contribution in [3.05, 3.63) is 42.2 Å².